The molecule has 106 valence electrons. The second kappa shape index (κ2) is 5.05. The van der Waals surface area contributed by atoms with Crippen molar-refractivity contribution in [2.24, 2.45) is 0 Å². The summed E-state index contributed by atoms with van der Waals surface area (Å²) in [7, 11) is 0. The van der Waals surface area contributed by atoms with Crippen LogP contribution in [0.4, 0.5) is 0 Å². The van der Waals surface area contributed by atoms with Crippen LogP contribution in [0.5, 0.6) is 0 Å². The van der Waals surface area contributed by atoms with Crippen molar-refractivity contribution in [3.63, 3.8) is 0 Å². The van der Waals surface area contributed by atoms with Gasteiger partial charge in [0.25, 0.3) is 0 Å². The van der Waals surface area contributed by atoms with E-state index in [4.69, 9.17) is 16.7 Å². The van der Waals surface area contributed by atoms with Crippen molar-refractivity contribution in [3.05, 3.63) is 61.9 Å². The highest BCUT2D eigenvalue weighted by molar-refractivity contribution is 9.10. The van der Waals surface area contributed by atoms with Crippen LogP contribution in [0.2, 0.25) is 5.02 Å². The first-order chi connectivity index (χ1) is 9.97. The van der Waals surface area contributed by atoms with E-state index in [9.17, 15) is 9.59 Å². The first-order valence-electron chi connectivity index (χ1n) is 5.91. The highest BCUT2D eigenvalue weighted by Crippen LogP contribution is 2.26. The van der Waals surface area contributed by atoms with E-state index in [1.54, 1.807) is 24.3 Å². The zero-order valence-electron chi connectivity index (χ0n) is 10.4. The predicted octanol–water partition coefficient (Wildman–Crippen LogP) is 3.43. The van der Waals surface area contributed by atoms with E-state index < -0.39 is 5.97 Å². The normalized spacial score (nSPS) is 11.0. The maximum Gasteiger partial charge on any atom is 0.335 e. The van der Waals surface area contributed by atoms with Gasteiger partial charge in [0.05, 0.1) is 27.3 Å². The number of aromatic amines is 1. The van der Waals surface area contributed by atoms with Crippen LogP contribution in [0.1, 0.15) is 10.4 Å². The number of nitrogens with zero attached hydrogens (tertiary/aromatic N) is 1. The Labute approximate surface area is 131 Å². The van der Waals surface area contributed by atoms with Crippen LogP contribution in [-0.4, -0.2) is 20.6 Å². The third kappa shape index (κ3) is 2.36. The molecule has 0 saturated heterocycles. The summed E-state index contributed by atoms with van der Waals surface area (Å²) in [5.74, 6) is -1.06. The first-order valence-corrected chi connectivity index (χ1v) is 7.08. The second-order valence-corrected chi connectivity index (χ2v) is 5.72. The lowest BCUT2D eigenvalue weighted by Gasteiger charge is -2.06. The van der Waals surface area contributed by atoms with Crippen LogP contribution in [0.25, 0.3) is 16.7 Å². The smallest absolute Gasteiger partial charge is 0.335 e. The molecular weight excluding hydrogens is 360 g/mol. The molecule has 3 rings (SSSR count). The summed E-state index contributed by atoms with van der Waals surface area (Å²) in [6.45, 7) is 0. The van der Waals surface area contributed by atoms with Crippen molar-refractivity contribution < 1.29 is 9.90 Å². The Kier molecular flexibility index (Phi) is 3.35. The fraction of sp³-hybridized carbons (Fsp3) is 0. The van der Waals surface area contributed by atoms with Gasteiger partial charge in [-0.2, -0.15) is 0 Å². The Hall–Kier alpha value is -2.05. The van der Waals surface area contributed by atoms with Gasteiger partial charge in [-0.1, -0.05) is 27.5 Å². The van der Waals surface area contributed by atoms with Crippen LogP contribution in [-0.2, 0) is 0 Å². The Morgan fingerprint density at radius 3 is 2.67 bits per heavy atom. The minimum Gasteiger partial charge on any atom is -0.478 e. The highest BCUT2D eigenvalue weighted by atomic mass is 79.9. The quantitative estimate of drug-likeness (QED) is 0.728. The molecular formula is C14H8BrClN2O3. The molecule has 0 amide bonds. The summed E-state index contributed by atoms with van der Waals surface area (Å²) in [6.07, 6.45) is 0. The summed E-state index contributed by atoms with van der Waals surface area (Å²) in [6, 6.07) is 9.55. The van der Waals surface area contributed by atoms with Crippen LogP contribution in [0.3, 0.4) is 0 Å². The number of fused-ring (bicyclic) bond motifs is 1. The van der Waals surface area contributed by atoms with E-state index in [2.05, 4.69) is 20.9 Å². The number of nitrogens with one attached hydrogen (secondary N) is 1. The second-order valence-electron chi connectivity index (χ2n) is 4.40. The number of aromatic nitrogens is 2. The first kappa shape index (κ1) is 13.9. The third-order valence-corrected chi connectivity index (χ3v) is 3.88. The monoisotopic (exact) mass is 366 g/mol. The summed E-state index contributed by atoms with van der Waals surface area (Å²) in [4.78, 5) is 25.9. The molecule has 0 aliphatic heterocycles. The van der Waals surface area contributed by atoms with E-state index >= 15 is 0 Å². The zero-order valence-corrected chi connectivity index (χ0v) is 12.8. The van der Waals surface area contributed by atoms with E-state index in [1.807, 2.05) is 0 Å². The zero-order chi connectivity index (χ0) is 15.1. The van der Waals surface area contributed by atoms with Crippen molar-refractivity contribution in [1.29, 1.82) is 0 Å². The molecule has 0 atom stereocenters. The molecule has 7 heteroatoms. The topological polar surface area (TPSA) is 75.1 Å². The Morgan fingerprint density at radius 1 is 1.24 bits per heavy atom. The van der Waals surface area contributed by atoms with Crippen molar-refractivity contribution >= 4 is 44.5 Å². The predicted molar refractivity (Wildman–Crippen MR) is 83.6 cm³/mol. The molecule has 0 bridgehead atoms. The van der Waals surface area contributed by atoms with Crippen LogP contribution < -0.4 is 5.69 Å². The number of benzene rings is 2. The molecule has 0 aliphatic carbocycles. The van der Waals surface area contributed by atoms with Crippen LogP contribution in [0.15, 0.2) is 45.7 Å². The molecule has 0 spiro atoms. The SMILES string of the molecule is O=C(O)c1ccc2[nH]c(=O)n(-c3ccc(Br)cc3Cl)c2c1. The van der Waals surface area contributed by atoms with Crippen LogP contribution >= 0.6 is 27.5 Å². The minimum absolute atomic E-state index is 0.100. The molecule has 0 fully saturated rings. The molecule has 0 radical (unpaired) electrons. The van der Waals surface area contributed by atoms with Gasteiger partial charge in [-0.3, -0.25) is 4.57 Å². The van der Waals surface area contributed by atoms with Gasteiger partial charge in [0.1, 0.15) is 0 Å². The number of H-pyrrole nitrogens is 1. The van der Waals surface area contributed by atoms with Gasteiger partial charge in [0, 0.05) is 4.47 Å². The van der Waals surface area contributed by atoms with Gasteiger partial charge in [-0.15, -0.1) is 0 Å². The maximum absolute atomic E-state index is 12.1. The number of carboxylic acids is 1. The molecule has 1 heterocycles. The fourth-order valence-electron chi connectivity index (χ4n) is 2.14. The van der Waals surface area contributed by atoms with E-state index in [1.165, 1.54) is 16.7 Å². The van der Waals surface area contributed by atoms with Gasteiger partial charge >= 0.3 is 11.7 Å². The molecule has 0 aliphatic rings. The minimum atomic E-state index is -1.06. The standard InChI is InChI=1S/C14H8BrClN2O3/c15-8-2-4-11(9(16)6-8)18-12-5-7(13(19)20)1-3-10(12)17-14(18)21/h1-6H,(H,17,21)(H,19,20). The number of halogens is 2. The van der Waals surface area contributed by atoms with Crippen LogP contribution in [0, 0.1) is 0 Å². The molecule has 21 heavy (non-hydrogen) atoms. The number of rotatable bonds is 2. The summed E-state index contributed by atoms with van der Waals surface area (Å²) in [5.41, 5.74) is 1.21. The molecule has 1 aromatic heterocycles. The van der Waals surface area contributed by atoms with Gasteiger partial charge in [-0.05, 0) is 36.4 Å². The van der Waals surface area contributed by atoms with Gasteiger partial charge in [0.2, 0.25) is 0 Å². The number of imidazole rings is 1. The van der Waals surface area contributed by atoms with Crippen molar-refractivity contribution in [3.8, 4) is 5.69 Å². The lowest BCUT2D eigenvalue weighted by Crippen LogP contribution is -2.15. The van der Waals surface area contributed by atoms with E-state index in [0.29, 0.717) is 21.7 Å². The molecule has 2 N–H and O–H groups in total. The highest BCUT2D eigenvalue weighted by Gasteiger charge is 2.14. The van der Waals surface area contributed by atoms with Gasteiger partial charge < -0.3 is 10.1 Å². The average molecular weight is 368 g/mol. The number of aromatic carboxylic acids is 1. The average Bonchev–Trinajstić information content (AvgIpc) is 2.74. The maximum atomic E-state index is 12.1. The fourth-order valence-corrected chi connectivity index (χ4v) is 2.90. The largest absolute Gasteiger partial charge is 0.478 e. The molecule has 3 aromatic rings. The van der Waals surface area contributed by atoms with Crippen molar-refractivity contribution in [2.75, 3.05) is 0 Å². The van der Waals surface area contributed by atoms with Gasteiger partial charge in [-0.25, -0.2) is 9.59 Å². The number of hydrogen-bond donors (Lipinski definition) is 2. The molecule has 0 saturated carbocycles. The lowest BCUT2D eigenvalue weighted by atomic mass is 10.2. The Bertz CT molecular complexity index is 930. The van der Waals surface area contributed by atoms with Gasteiger partial charge in [0.15, 0.2) is 0 Å². The molecule has 2 aromatic carbocycles. The van der Waals surface area contributed by atoms with E-state index in [-0.39, 0.29) is 11.3 Å². The number of carboxylic acid groups (broad SMARTS) is 1. The van der Waals surface area contributed by atoms with Crippen molar-refractivity contribution in [1.82, 2.24) is 9.55 Å². The summed E-state index contributed by atoms with van der Waals surface area (Å²) < 4.78 is 2.15. The molecule has 5 nitrogen and oxygen atoms in total. The number of hydrogen-bond acceptors (Lipinski definition) is 2. The Morgan fingerprint density at radius 2 is 2.00 bits per heavy atom. The number of carbonyl (C=O) groups is 1. The molecule has 0 unspecified atom stereocenters. The summed E-state index contributed by atoms with van der Waals surface area (Å²) >= 11 is 9.48. The van der Waals surface area contributed by atoms with Crippen molar-refractivity contribution in [2.45, 2.75) is 0 Å². The Balaban J connectivity index is 2.35. The van der Waals surface area contributed by atoms with E-state index in [0.717, 1.165) is 4.47 Å². The summed E-state index contributed by atoms with van der Waals surface area (Å²) in [5, 5.41) is 9.46. The lowest BCUT2D eigenvalue weighted by molar-refractivity contribution is 0.0697. The third-order valence-electron chi connectivity index (χ3n) is 3.08.